The van der Waals surface area contributed by atoms with E-state index in [9.17, 15) is 0 Å². The first-order valence-corrected chi connectivity index (χ1v) is 9.62. The average Bonchev–Trinajstić information content (AvgIpc) is 2.84. The Morgan fingerprint density at radius 3 is 2.72 bits per heavy atom. The molecule has 0 amide bonds. The molecule has 0 bridgehead atoms. The van der Waals surface area contributed by atoms with Crippen LogP contribution in [0.3, 0.4) is 0 Å². The summed E-state index contributed by atoms with van der Waals surface area (Å²) >= 11 is 3.62. The van der Waals surface area contributed by atoms with Crippen molar-refractivity contribution >= 4 is 39.2 Å². The number of rotatable bonds is 3. The third kappa shape index (κ3) is 3.79. The van der Waals surface area contributed by atoms with Gasteiger partial charge in [-0.3, -0.25) is 0 Å². The molecule has 0 saturated carbocycles. The molecule has 4 rings (SSSR count). The largest absolute Gasteiger partial charge is 0.357 e. The van der Waals surface area contributed by atoms with Gasteiger partial charge in [0, 0.05) is 33.2 Å². The highest BCUT2D eigenvalue weighted by molar-refractivity contribution is 9.10. The Morgan fingerprint density at radius 2 is 1.92 bits per heavy atom. The van der Waals surface area contributed by atoms with Crippen LogP contribution in [0.25, 0.3) is 10.9 Å². The van der Waals surface area contributed by atoms with Crippen LogP contribution in [-0.4, -0.2) is 4.98 Å². The molecule has 3 aromatic rings. The van der Waals surface area contributed by atoms with Gasteiger partial charge in [0.15, 0.2) is 0 Å². The van der Waals surface area contributed by atoms with E-state index in [0.29, 0.717) is 12.1 Å². The molecule has 2 atom stereocenters. The Bertz CT molecular complexity index is 844. The Labute approximate surface area is 163 Å². The fourth-order valence-electron chi connectivity index (χ4n) is 3.91. The van der Waals surface area contributed by atoms with E-state index >= 15 is 0 Å². The fraction of sp³-hybridized carbons (Fsp3) is 0.333. The van der Waals surface area contributed by atoms with Crippen LogP contribution in [0.5, 0.6) is 0 Å². The second-order valence-corrected chi connectivity index (χ2v) is 7.72. The summed E-state index contributed by atoms with van der Waals surface area (Å²) in [5.74, 6) is 0. The van der Waals surface area contributed by atoms with Gasteiger partial charge in [-0.2, -0.15) is 0 Å². The summed E-state index contributed by atoms with van der Waals surface area (Å²) in [5, 5.41) is 5.24. The fourth-order valence-corrected chi connectivity index (χ4v) is 4.27. The Balaban J connectivity index is 0.00000182. The van der Waals surface area contributed by atoms with Crippen LogP contribution in [0.2, 0.25) is 0 Å². The first kappa shape index (κ1) is 18.5. The van der Waals surface area contributed by atoms with Gasteiger partial charge in [0.2, 0.25) is 0 Å². The Morgan fingerprint density at radius 1 is 1.12 bits per heavy atom. The lowest BCUT2D eigenvalue weighted by Gasteiger charge is -2.23. The third-order valence-electron chi connectivity index (χ3n) is 5.17. The van der Waals surface area contributed by atoms with Crippen molar-refractivity contribution in [3.63, 3.8) is 0 Å². The normalized spacial score (nSPS) is 18.2. The van der Waals surface area contributed by atoms with Crippen LogP contribution < -0.4 is 5.32 Å². The highest BCUT2D eigenvalue weighted by atomic mass is 79.9. The molecule has 2 unspecified atom stereocenters. The van der Waals surface area contributed by atoms with Crippen LogP contribution in [0, 0.1) is 0 Å². The summed E-state index contributed by atoms with van der Waals surface area (Å²) in [6, 6.07) is 18.0. The number of aromatic amines is 1. The minimum absolute atomic E-state index is 0. The molecule has 0 saturated heterocycles. The third-order valence-corrected chi connectivity index (χ3v) is 5.66. The first-order valence-electron chi connectivity index (χ1n) is 8.83. The minimum Gasteiger partial charge on any atom is -0.357 e. The van der Waals surface area contributed by atoms with Crippen molar-refractivity contribution in [3.05, 3.63) is 69.8 Å². The van der Waals surface area contributed by atoms with Gasteiger partial charge < -0.3 is 10.3 Å². The van der Waals surface area contributed by atoms with Gasteiger partial charge in [-0.15, -0.1) is 12.4 Å². The predicted molar refractivity (Wildman–Crippen MR) is 112 cm³/mol. The molecule has 1 aliphatic carbocycles. The van der Waals surface area contributed by atoms with Crippen LogP contribution in [0.4, 0.5) is 0 Å². The second-order valence-electron chi connectivity index (χ2n) is 6.80. The van der Waals surface area contributed by atoms with Crippen molar-refractivity contribution < 1.29 is 0 Å². The van der Waals surface area contributed by atoms with Crippen molar-refractivity contribution in [1.82, 2.24) is 10.3 Å². The lowest BCUT2D eigenvalue weighted by atomic mass is 10.0. The molecule has 132 valence electrons. The molecular formula is C21H24BrClN2. The maximum atomic E-state index is 3.86. The van der Waals surface area contributed by atoms with E-state index in [1.807, 2.05) is 0 Å². The maximum Gasteiger partial charge on any atom is 0.0480 e. The number of nitrogens with one attached hydrogen (secondary N) is 2. The minimum atomic E-state index is 0. The first-order chi connectivity index (χ1) is 11.7. The number of hydrogen-bond acceptors (Lipinski definition) is 1. The van der Waals surface area contributed by atoms with Crippen molar-refractivity contribution in [2.45, 2.75) is 44.7 Å². The van der Waals surface area contributed by atoms with Gasteiger partial charge in [-0.1, -0.05) is 52.7 Å². The molecule has 1 aromatic heterocycles. The zero-order valence-corrected chi connectivity index (χ0v) is 16.8. The molecule has 0 radical (unpaired) electrons. The van der Waals surface area contributed by atoms with E-state index in [4.69, 9.17) is 0 Å². The summed E-state index contributed by atoms with van der Waals surface area (Å²) in [6.07, 6.45) is 4.91. The quantitative estimate of drug-likeness (QED) is 0.468. The molecule has 0 spiro atoms. The van der Waals surface area contributed by atoms with Gasteiger partial charge >= 0.3 is 0 Å². The lowest BCUT2D eigenvalue weighted by molar-refractivity contribution is 0.431. The van der Waals surface area contributed by atoms with Crippen LogP contribution in [0.15, 0.2) is 53.0 Å². The number of fused-ring (bicyclic) bond motifs is 3. The SMILES string of the molecule is CC(NC1CCCCc2c1[nH]c1ccc(Br)cc21)c1ccccc1.Cl. The summed E-state index contributed by atoms with van der Waals surface area (Å²) in [4.78, 5) is 3.71. The van der Waals surface area contributed by atoms with E-state index in [2.05, 4.69) is 81.7 Å². The van der Waals surface area contributed by atoms with Gasteiger partial charge in [0.1, 0.15) is 0 Å². The number of benzene rings is 2. The molecule has 4 heteroatoms. The molecule has 2 nitrogen and oxygen atoms in total. The zero-order valence-electron chi connectivity index (χ0n) is 14.4. The molecular weight excluding hydrogens is 396 g/mol. The number of hydrogen-bond donors (Lipinski definition) is 2. The molecule has 0 aliphatic heterocycles. The van der Waals surface area contributed by atoms with E-state index in [-0.39, 0.29) is 12.4 Å². The van der Waals surface area contributed by atoms with Crippen molar-refractivity contribution in [2.24, 2.45) is 0 Å². The molecule has 1 heterocycles. The van der Waals surface area contributed by atoms with Crippen LogP contribution in [-0.2, 0) is 6.42 Å². The number of halogens is 2. The second kappa shape index (κ2) is 7.94. The molecule has 0 fully saturated rings. The van der Waals surface area contributed by atoms with E-state index < -0.39 is 0 Å². The van der Waals surface area contributed by atoms with Gasteiger partial charge in [0.25, 0.3) is 0 Å². The lowest BCUT2D eigenvalue weighted by Crippen LogP contribution is -2.25. The van der Waals surface area contributed by atoms with Crippen LogP contribution in [0.1, 0.15) is 55.1 Å². The molecule has 2 aromatic carbocycles. The molecule has 1 aliphatic rings. The number of H-pyrrole nitrogens is 1. The maximum absolute atomic E-state index is 3.86. The van der Waals surface area contributed by atoms with Crippen molar-refractivity contribution in [2.75, 3.05) is 0 Å². The monoisotopic (exact) mass is 418 g/mol. The van der Waals surface area contributed by atoms with E-state index in [1.54, 1.807) is 0 Å². The highest BCUT2D eigenvalue weighted by Crippen LogP contribution is 2.36. The smallest absolute Gasteiger partial charge is 0.0480 e. The summed E-state index contributed by atoms with van der Waals surface area (Å²) in [6.45, 7) is 2.26. The van der Waals surface area contributed by atoms with Gasteiger partial charge in [0.05, 0.1) is 0 Å². The summed E-state index contributed by atoms with van der Waals surface area (Å²) in [5.41, 5.74) is 5.50. The zero-order chi connectivity index (χ0) is 16.5. The summed E-state index contributed by atoms with van der Waals surface area (Å²) in [7, 11) is 0. The molecule has 25 heavy (non-hydrogen) atoms. The van der Waals surface area contributed by atoms with Crippen LogP contribution >= 0.6 is 28.3 Å². The average molecular weight is 420 g/mol. The Hall–Kier alpha value is -1.29. The number of aromatic nitrogens is 1. The number of aryl methyl sites for hydroxylation is 1. The van der Waals surface area contributed by atoms with E-state index in [0.717, 1.165) is 4.47 Å². The highest BCUT2D eigenvalue weighted by Gasteiger charge is 2.24. The predicted octanol–water partition coefficient (Wildman–Crippen LogP) is 6.47. The molecule has 2 N–H and O–H groups in total. The van der Waals surface area contributed by atoms with Gasteiger partial charge in [-0.25, -0.2) is 0 Å². The van der Waals surface area contributed by atoms with Crippen molar-refractivity contribution in [1.29, 1.82) is 0 Å². The van der Waals surface area contributed by atoms with E-state index in [1.165, 1.54) is 53.4 Å². The topological polar surface area (TPSA) is 27.8 Å². The standard InChI is InChI=1S/C21H23BrN2.ClH/c1-14(15-7-3-2-4-8-15)23-20-10-6-5-9-17-18-13-16(22)11-12-19(18)24-21(17)20;/h2-4,7-8,11-14,20,23-24H,5-6,9-10H2,1H3;1H. The summed E-state index contributed by atoms with van der Waals surface area (Å²) < 4.78 is 1.16. The van der Waals surface area contributed by atoms with Gasteiger partial charge in [-0.05, 0) is 55.5 Å². The Kier molecular flexibility index (Phi) is 5.88. The van der Waals surface area contributed by atoms with Crippen molar-refractivity contribution in [3.8, 4) is 0 Å².